The summed E-state index contributed by atoms with van der Waals surface area (Å²) < 4.78 is 0. The third-order valence-electron chi connectivity index (χ3n) is 26.3. The monoisotopic (exact) mass is 1630 g/mol. The largest absolute Gasteiger partial charge is 0.309 e. The van der Waals surface area contributed by atoms with Crippen molar-refractivity contribution in [2.24, 2.45) is 0 Å². The van der Waals surface area contributed by atoms with Crippen molar-refractivity contribution in [1.29, 1.82) is 0 Å². The lowest BCUT2D eigenvalue weighted by molar-refractivity contribution is 0.590. The highest BCUT2D eigenvalue weighted by Gasteiger charge is 2.32. The van der Waals surface area contributed by atoms with Gasteiger partial charge in [0.25, 0.3) is 0 Å². The molecule has 0 aromatic heterocycles. The summed E-state index contributed by atoms with van der Waals surface area (Å²) in [4.78, 5) is 4.87. The molecule has 0 heterocycles. The molecule has 0 aliphatic heterocycles. The molecule has 0 saturated carbocycles. The molecule has 2 heteroatoms. The molecule has 0 atom stereocenters. The Hall–Kier alpha value is -15.7. The van der Waals surface area contributed by atoms with Gasteiger partial charge in [0.2, 0.25) is 0 Å². The number of rotatable bonds is 12. The fraction of sp³-hybridized carbons (Fsp3) is 0.0635. The van der Waals surface area contributed by atoms with Gasteiger partial charge >= 0.3 is 0 Å². The van der Waals surface area contributed by atoms with E-state index in [4.69, 9.17) is 0 Å². The summed E-state index contributed by atoms with van der Waals surface area (Å²) in [6, 6.07) is 168. The van der Waals surface area contributed by atoms with E-state index in [1.807, 2.05) is 0 Å². The first kappa shape index (κ1) is 78.3. The molecule has 0 aliphatic carbocycles. The molecule has 0 aliphatic rings. The average molecular weight is 1640 g/mol. The van der Waals surface area contributed by atoms with Crippen LogP contribution in [0.2, 0.25) is 0 Å². The van der Waals surface area contributed by atoms with Crippen LogP contribution in [0.3, 0.4) is 0 Å². The van der Waals surface area contributed by atoms with Gasteiger partial charge < -0.3 is 9.80 Å². The van der Waals surface area contributed by atoms with Gasteiger partial charge in [0.05, 0.1) is 11.4 Å². The molecule has 608 valence electrons. The van der Waals surface area contributed by atoms with E-state index >= 15 is 0 Å². The van der Waals surface area contributed by atoms with Crippen molar-refractivity contribution in [1.82, 2.24) is 0 Å². The molecule has 24 aromatic carbocycles. The Morgan fingerprint density at radius 1 is 0.141 bits per heavy atom. The molecule has 0 bridgehead atoms. The minimum Gasteiger partial charge on any atom is -0.309 e. The maximum Gasteiger partial charge on any atom is 0.0619 e. The van der Waals surface area contributed by atoms with Crippen molar-refractivity contribution >= 4 is 153 Å². The number of nitrogens with zero attached hydrogens (tertiary/aromatic N) is 2. The van der Waals surface area contributed by atoms with Crippen LogP contribution < -0.4 is 9.80 Å². The highest BCUT2D eigenvalue weighted by molar-refractivity contribution is 6.47. The van der Waals surface area contributed by atoms with Crippen molar-refractivity contribution in [3.8, 4) is 66.8 Å². The van der Waals surface area contributed by atoms with Crippen molar-refractivity contribution in [2.75, 3.05) is 9.80 Å². The second kappa shape index (κ2) is 32.4. The molecule has 0 fully saturated rings. The molecule has 24 rings (SSSR count). The Bertz CT molecular complexity index is 7410. The van der Waals surface area contributed by atoms with Gasteiger partial charge in [0, 0.05) is 44.3 Å². The number of benzene rings is 22. The highest BCUT2D eigenvalue weighted by atomic mass is 15.2. The molecule has 0 unspecified atom stereocenters. The average Bonchev–Trinajstić information content (AvgIpc) is 1.55. The van der Waals surface area contributed by atoms with E-state index in [0.29, 0.717) is 0 Å². The Kier molecular flexibility index (Phi) is 19.8. The summed E-state index contributed by atoms with van der Waals surface area (Å²) in [5.74, 6) is 0. The minimum absolute atomic E-state index is 0.0725. The van der Waals surface area contributed by atoms with Crippen LogP contribution in [0, 0.1) is 0 Å². The Morgan fingerprint density at radius 2 is 0.328 bits per heavy atom. The SMILES string of the molecule is CC(C)(C)c1ccc(N(c2ccccc2)c2c3ccccc3c(N(c3ccccc3)c3ccc(C(C)(C)C)cc3)c3ccccc23)cc1.c1ccc(-c2c3c4cccc5cccc(c3c(-c3ccccc3)c3c6cccc7cccc(c23)c76)c54)cc1.c1ccc(-c2c3ccccc3c(-c3ccccc3)c3c(-c4ccccc4)c4ccccc4c(-c4ccccc4)c23)cc1. The Labute approximate surface area is 748 Å². The summed E-state index contributed by atoms with van der Waals surface area (Å²) in [7, 11) is 0. The number of hydrogen-bond acceptors (Lipinski definition) is 2. The van der Waals surface area contributed by atoms with Crippen molar-refractivity contribution in [3.63, 3.8) is 0 Å². The van der Waals surface area contributed by atoms with Gasteiger partial charge in [-0.05, 0) is 234 Å². The van der Waals surface area contributed by atoms with Gasteiger partial charge in [-0.2, -0.15) is 0 Å². The summed E-state index contributed by atoms with van der Waals surface area (Å²) >= 11 is 0. The van der Waals surface area contributed by atoms with Crippen molar-refractivity contribution in [3.05, 3.63) is 472 Å². The lowest BCUT2D eigenvalue weighted by atomic mass is 9.77. The predicted octanol–water partition coefficient (Wildman–Crippen LogP) is 36.2. The molecule has 0 amide bonds. The summed E-state index contributed by atoms with van der Waals surface area (Å²) in [5.41, 5.74) is 24.9. The van der Waals surface area contributed by atoms with E-state index < -0.39 is 0 Å². The molecule has 0 spiro atoms. The van der Waals surface area contributed by atoms with Gasteiger partial charge in [-0.15, -0.1) is 0 Å². The predicted molar refractivity (Wildman–Crippen MR) is 554 cm³/mol. The van der Waals surface area contributed by atoms with Crippen LogP contribution in [0.5, 0.6) is 0 Å². The number of fused-ring (bicyclic) bond motifs is 11. The van der Waals surface area contributed by atoms with Crippen LogP contribution in [0.15, 0.2) is 461 Å². The normalized spacial score (nSPS) is 11.8. The zero-order chi connectivity index (χ0) is 86.1. The summed E-state index contributed by atoms with van der Waals surface area (Å²) in [6.07, 6.45) is 0. The van der Waals surface area contributed by atoms with E-state index in [1.54, 1.807) is 0 Å². The molecular weight excluding hydrogens is 1540 g/mol. The summed E-state index contributed by atoms with van der Waals surface area (Å²) in [5, 5.41) is 28.6. The third kappa shape index (κ3) is 13.5. The molecule has 128 heavy (non-hydrogen) atoms. The van der Waals surface area contributed by atoms with Crippen molar-refractivity contribution < 1.29 is 0 Å². The standard InChI is InChI=1S/C46H44N2.C42H28.C38H22/c1-45(2,3)33-25-29-37(30-26-33)47(35-17-9-7-10-18-35)43-39-21-13-15-23-41(39)44(42-24-16-14-22-40(42)43)48(36-19-11-8-12-20-36)38-31-27-34(28-32-38)46(4,5)6;1-5-17-29(18-6-1)37-33-25-13-14-26-34(33)39(31-21-9-3-10-22-31)42-40(32-23-11-4-12-24-32)36-28-16-15-27-35(36)38(41(37)42)30-19-7-2-8-20-30;1-3-11-25(12-4-1)33-35-27-19-7-15-23-17-9-21-29(31(23)27)37(35)34(26-13-5-2-6-14-26)38-30-22-10-18-24-16-8-20-28(32(24)30)36(33)38/h7-32H,1-6H3;1-28H;1-22H. The maximum atomic E-state index is 2.44. The van der Waals surface area contributed by atoms with Crippen LogP contribution in [0.1, 0.15) is 52.7 Å². The second-order valence-corrected chi connectivity index (χ2v) is 35.9. The first-order chi connectivity index (χ1) is 62.9. The van der Waals surface area contributed by atoms with Crippen LogP contribution >= 0.6 is 0 Å². The van der Waals surface area contributed by atoms with E-state index in [1.165, 1.54) is 208 Å². The molecular formula is C126H94N2. The second-order valence-electron chi connectivity index (χ2n) is 35.9. The quantitative estimate of drug-likeness (QED) is 0.0888. The van der Waals surface area contributed by atoms with Gasteiger partial charge in [-0.3, -0.25) is 0 Å². The Morgan fingerprint density at radius 3 is 0.555 bits per heavy atom. The maximum absolute atomic E-state index is 2.44. The van der Waals surface area contributed by atoms with E-state index in [-0.39, 0.29) is 10.8 Å². The van der Waals surface area contributed by atoms with Crippen LogP contribution in [-0.4, -0.2) is 0 Å². The van der Waals surface area contributed by atoms with E-state index in [0.717, 1.165) is 22.7 Å². The zero-order valence-corrected chi connectivity index (χ0v) is 72.8. The highest BCUT2D eigenvalue weighted by Crippen LogP contribution is 2.59. The fourth-order valence-electron chi connectivity index (χ4n) is 20.6. The summed E-state index contributed by atoms with van der Waals surface area (Å²) in [6.45, 7) is 13.6. The smallest absolute Gasteiger partial charge is 0.0619 e. The van der Waals surface area contributed by atoms with Gasteiger partial charge in [-0.25, -0.2) is 0 Å². The fourth-order valence-corrected chi connectivity index (χ4v) is 20.6. The van der Waals surface area contributed by atoms with E-state index in [2.05, 4.69) is 512 Å². The van der Waals surface area contributed by atoms with Crippen molar-refractivity contribution in [2.45, 2.75) is 52.4 Å². The lowest BCUT2D eigenvalue weighted by Gasteiger charge is -2.33. The first-order valence-corrected chi connectivity index (χ1v) is 44.8. The zero-order valence-electron chi connectivity index (χ0n) is 72.8. The van der Waals surface area contributed by atoms with Gasteiger partial charge in [0.15, 0.2) is 0 Å². The van der Waals surface area contributed by atoms with Gasteiger partial charge in [-0.1, -0.05) is 454 Å². The topological polar surface area (TPSA) is 6.48 Å². The van der Waals surface area contributed by atoms with Crippen LogP contribution in [0.4, 0.5) is 34.1 Å². The number of para-hydroxylation sites is 2. The van der Waals surface area contributed by atoms with Gasteiger partial charge in [0.1, 0.15) is 0 Å². The molecule has 0 N–H and O–H groups in total. The van der Waals surface area contributed by atoms with Crippen LogP contribution in [0.25, 0.3) is 185 Å². The molecule has 2 nitrogen and oxygen atoms in total. The Balaban J connectivity index is 0.000000114. The third-order valence-corrected chi connectivity index (χ3v) is 26.3. The molecule has 0 radical (unpaired) electrons. The van der Waals surface area contributed by atoms with Crippen LogP contribution in [-0.2, 0) is 10.8 Å². The molecule has 0 saturated heterocycles. The minimum atomic E-state index is 0.0725. The number of anilines is 6. The lowest BCUT2D eigenvalue weighted by Crippen LogP contribution is -2.16. The van der Waals surface area contributed by atoms with E-state index in [9.17, 15) is 0 Å². The molecule has 24 aromatic rings. The number of hydrogen-bond donors (Lipinski definition) is 0. The first-order valence-electron chi connectivity index (χ1n) is 44.8.